The number of aromatic nitrogens is 3. The summed E-state index contributed by atoms with van der Waals surface area (Å²) < 4.78 is 10.9. The first-order valence-electron chi connectivity index (χ1n) is 8.77. The zero-order chi connectivity index (χ0) is 17.9. The molecule has 0 unspecified atom stereocenters. The van der Waals surface area contributed by atoms with E-state index in [2.05, 4.69) is 38.1 Å². The highest BCUT2D eigenvalue weighted by molar-refractivity contribution is 5.87. The molecule has 0 spiro atoms. The van der Waals surface area contributed by atoms with E-state index in [1.165, 1.54) is 5.56 Å². The summed E-state index contributed by atoms with van der Waals surface area (Å²) in [5.41, 5.74) is 3.12. The summed E-state index contributed by atoms with van der Waals surface area (Å²) in [6.45, 7) is 2.28. The fraction of sp³-hybridized carbons (Fsp3) is 0.350. The first-order chi connectivity index (χ1) is 12.8. The number of benzene rings is 1. The van der Waals surface area contributed by atoms with E-state index in [4.69, 9.17) is 9.47 Å². The molecule has 6 nitrogen and oxygen atoms in total. The number of pyridine rings is 1. The lowest BCUT2D eigenvalue weighted by atomic mass is 10.0. The lowest BCUT2D eigenvalue weighted by Crippen LogP contribution is -2.19. The summed E-state index contributed by atoms with van der Waals surface area (Å²) in [6.07, 6.45) is 4.46. The number of rotatable bonds is 5. The lowest BCUT2D eigenvalue weighted by Gasteiger charge is -2.20. The highest BCUT2D eigenvalue weighted by atomic mass is 16.5. The topological polar surface area (TPSA) is 60.4 Å². The summed E-state index contributed by atoms with van der Waals surface area (Å²) in [5, 5.41) is 1.09. The number of anilines is 1. The average Bonchev–Trinajstić information content (AvgIpc) is 3.23. The van der Waals surface area contributed by atoms with E-state index in [1.807, 2.05) is 19.2 Å². The van der Waals surface area contributed by atoms with Crippen LogP contribution >= 0.6 is 0 Å². The van der Waals surface area contributed by atoms with E-state index in [0.717, 1.165) is 54.3 Å². The number of nitrogens with zero attached hydrogens (tertiary/aromatic N) is 4. The third kappa shape index (κ3) is 3.20. The molecule has 6 heteroatoms. The van der Waals surface area contributed by atoms with Crippen LogP contribution in [0.3, 0.4) is 0 Å². The van der Waals surface area contributed by atoms with Crippen molar-refractivity contribution in [3.63, 3.8) is 0 Å². The largest absolute Gasteiger partial charge is 0.494 e. The molecule has 134 valence electrons. The molecule has 1 atom stereocenters. The van der Waals surface area contributed by atoms with Crippen molar-refractivity contribution in [2.75, 3.05) is 32.3 Å². The summed E-state index contributed by atoms with van der Waals surface area (Å²) in [5.74, 6) is 2.07. The highest BCUT2D eigenvalue weighted by Crippen LogP contribution is 2.29. The van der Waals surface area contributed by atoms with Crippen LogP contribution in [0.2, 0.25) is 0 Å². The number of fused-ring (bicyclic) bond motifs is 1. The van der Waals surface area contributed by atoms with Crippen molar-refractivity contribution in [3.8, 4) is 5.75 Å². The van der Waals surface area contributed by atoms with Gasteiger partial charge in [-0.3, -0.25) is 4.98 Å². The molecule has 0 N–H and O–H groups in total. The van der Waals surface area contributed by atoms with Crippen molar-refractivity contribution in [2.45, 2.75) is 18.9 Å². The van der Waals surface area contributed by atoms with Gasteiger partial charge in [0.2, 0.25) is 0 Å². The Balaban J connectivity index is 1.61. The summed E-state index contributed by atoms with van der Waals surface area (Å²) >= 11 is 0. The van der Waals surface area contributed by atoms with Crippen molar-refractivity contribution < 1.29 is 9.47 Å². The molecule has 1 fully saturated rings. The van der Waals surface area contributed by atoms with Gasteiger partial charge in [0.25, 0.3) is 0 Å². The minimum Gasteiger partial charge on any atom is -0.494 e. The van der Waals surface area contributed by atoms with Gasteiger partial charge in [0.15, 0.2) is 0 Å². The molecule has 3 aromatic rings. The normalized spacial score (nSPS) is 16.8. The van der Waals surface area contributed by atoms with Gasteiger partial charge in [-0.15, -0.1) is 0 Å². The van der Waals surface area contributed by atoms with Crippen LogP contribution in [0.25, 0.3) is 10.9 Å². The predicted molar refractivity (Wildman–Crippen MR) is 101 cm³/mol. The van der Waals surface area contributed by atoms with Crippen molar-refractivity contribution >= 4 is 16.7 Å². The molecule has 0 saturated carbocycles. The van der Waals surface area contributed by atoms with Gasteiger partial charge in [-0.1, -0.05) is 12.1 Å². The second kappa shape index (κ2) is 7.25. The molecule has 1 aromatic carbocycles. The highest BCUT2D eigenvalue weighted by Gasteiger charge is 2.20. The van der Waals surface area contributed by atoms with Crippen LogP contribution in [0, 0.1) is 0 Å². The second-order valence-electron chi connectivity index (χ2n) is 6.54. The van der Waals surface area contributed by atoms with E-state index in [1.54, 1.807) is 19.6 Å². The molecule has 3 heterocycles. The van der Waals surface area contributed by atoms with Crippen LogP contribution in [0.15, 0.2) is 42.9 Å². The zero-order valence-corrected chi connectivity index (χ0v) is 15.1. The Morgan fingerprint density at radius 2 is 2.15 bits per heavy atom. The fourth-order valence-electron chi connectivity index (χ4n) is 3.41. The van der Waals surface area contributed by atoms with Crippen molar-refractivity contribution in [2.24, 2.45) is 0 Å². The van der Waals surface area contributed by atoms with Gasteiger partial charge in [0.05, 0.1) is 19.4 Å². The minimum absolute atomic E-state index is 0.371. The van der Waals surface area contributed by atoms with Gasteiger partial charge in [-0.05, 0) is 24.1 Å². The Labute approximate surface area is 152 Å². The Morgan fingerprint density at radius 1 is 1.23 bits per heavy atom. The monoisotopic (exact) mass is 350 g/mol. The Kier molecular flexibility index (Phi) is 4.67. The summed E-state index contributed by atoms with van der Waals surface area (Å²) in [4.78, 5) is 15.5. The third-order valence-electron chi connectivity index (χ3n) is 4.86. The number of ether oxygens (including phenoxy) is 2. The van der Waals surface area contributed by atoms with Gasteiger partial charge in [0.1, 0.15) is 23.4 Å². The molecule has 4 rings (SSSR count). The first-order valence-corrected chi connectivity index (χ1v) is 8.77. The van der Waals surface area contributed by atoms with Gasteiger partial charge in [-0.2, -0.15) is 0 Å². The number of hydrogen-bond acceptors (Lipinski definition) is 6. The maximum absolute atomic E-state index is 5.48. The van der Waals surface area contributed by atoms with E-state index < -0.39 is 0 Å². The van der Waals surface area contributed by atoms with Crippen LogP contribution in [0.4, 0.5) is 5.82 Å². The van der Waals surface area contributed by atoms with Crippen molar-refractivity contribution in [1.82, 2.24) is 15.0 Å². The fourth-order valence-corrected chi connectivity index (χ4v) is 3.41. The van der Waals surface area contributed by atoms with E-state index >= 15 is 0 Å². The molecular weight excluding hydrogens is 328 g/mol. The van der Waals surface area contributed by atoms with E-state index in [-0.39, 0.29) is 0 Å². The second-order valence-corrected chi connectivity index (χ2v) is 6.54. The maximum atomic E-state index is 5.48. The average molecular weight is 350 g/mol. The third-order valence-corrected chi connectivity index (χ3v) is 4.86. The lowest BCUT2D eigenvalue weighted by molar-refractivity contribution is 0.193. The Morgan fingerprint density at radius 3 is 2.96 bits per heavy atom. The van der Waals surface area contributed by atoms with Crippen LogP contribution in [0.5, 0.6) is 5.75 Å². The van der Waals surface area contributed by atoms with Crippen molar-refractivity contribution in [1.29, 1.82) is 0 Å². The standard InChI is InChI=1S/C20H22N4O2/c1-24(19-10-17(22-13-23-19)15-7-9-26-12-15)11-14-5-6-18(25-2)20-16(14)4-3-8-21-20/h3-6,8,10,13,15H,7,9,11-12H2,1-2H3/t15-/m0/s1. The molecule has 1 saturated heterocycles. The molecule has 0 amide bonds. The van der Waals surface area contributed by atoms with Crippen molar-refractivity contribution in [3.05, 3.63) is 54.1 Å². The zero-order valence-electron chi connectivity index (χ0n) is 15.1. The molecule has 1 aliphatic heterocycles. The van der Waals surface area contributed by atoms with Crippen LogP contribution in [0.1, 0.15) is 23.6 Å². The SMILES string of the molecule is COc1ccc(CN(C)c2cc([C@H]3CCOC3)ncn2)c2cccnc12. The van der Waals surface area contributed by atoms with Gasteiger partial charge >= 0.3 is 0 Å². The minimum atomic E-state index is 0.371. The molecule has 26 heavy (non-hydrogen) atoms. The van der Waals surface area contributed by atoms with Gasteiger partial charge < -0.3 is 14.4 Å². The van der Waals surface area contributed by atoms with Crippen LogP contribution in [-0.4, -0.2) is 42.3 Å². The summed E-state index contributed by atoms with van der Waals surface area (Å²) in [7, 11) is 3.72. The quantitative estimate of drug-likeness (QED) is 0.704. The van der Waals surface area contributed by atoms with Crippen LogP contribution < -0.4 is 9.64 Å². The molecular formula is C20H22N4O2. The van der Waals surface area contributed by atoms with Gasteiger partial charge in [0, 0.05) is 43.8 Å². The molecule has 0 aliphatic carbocycles. The summed E-state index contributed by atoms with van der Waals surface area (Å²) in [6, 6.07) is 10.2. The number of hydrogen-bond donors (Lipinski definition) is 0. The molecule has 1 aliphatic rings. The predicted octanol–water partition coefficient (Wildman–Crippen LogP) is 3.17. The van der Waals surface area contributed by atoms with E-state index in [0.29, 0.717) is 5.92 Å². The molecule has 0 radical (unpaired) electrons. The van der Waals surface area contributed by atoms with Crippen LogP contribution in [-0.2, 0) is 11.3 Å². The first kappa shape index (κ1) is 16.7. The smallest absolute Gasteiger partial charge is 0.145 e. The van der Waals surface area contributed by atoms with Gasteiger partial charge in [-0.25, -0.2) is 9.97 Å². The molecule has 0 bridgehead atoms. The Bertz CT molecular complexity index is 909. The number of methoxy groups -OCH3 is 1. The Hall–Kier alpha value is -2.73. The van der Waals surface area contributed by atoms with E-state index in [9.17, 15) is 0 Å². The maximum Gasteiger partial charge on any atom is 0.145 e. The molecule has 2 aromatic heterocycles.